The van der Waals surface area contributed by atoms with Crippen LogP contribution in [0.1, 0.15) is 157 Å². The Kier molecular flexibility index (Phi) is 15.7. The first-order valence-electron chi connectivity index (χ1n) is 16.5. The van der Waals surface area contributed by atoms with Crippen molar-refractivity contribution in [2.45, 2.75) is 157 Å². The highest BCUT2D eigenvalue weighted by Crippen LogP contribution is 2.38. The summed E-state index contributed by atoms with van der Waals surface area (Å²) in [6, 6.07) is 15.9. The molecule has 0 bridgehead atoms. The van der Waals surface area contributed by atoms with Crippen LogP contribution < -0.4 is 4.74 Å². The minimum Gasteiger partial charge on any atom is -0.508 e. The molecule has 4 heteroatoms. The van der Waals surface area contributed by atoms with Crippen LogP contribution in [0.5, 0.6) is 11.5 Å². The van der Waals surface area contributed by atoms with Gasteiger partial charge in [-0.15, -0.1) is 0 Å². The van der Waals surface area contributed by atoms with E-state index in [0.717, 1.165) is 44.3 Å². The molecule has 2 aromatic rings. The lowest BCUT2D eigenvalue weighted by Gasteiger charge is -2.32. The average Bonchev–Trinajstić information content (AvgIpc) is 3.46. The van der Waals surface area contributed by atoms with E-state index in [1.807, 2.05) is 32.9 Å². The van der Waals surface area contributed by atoms with Crippen LogP contribution >= 0.6 is 0 Å². The van der Waals surface area contributed by atoms with E-state index in [1.54, 1.807) is 12.1 Å². The maximum atomic E-state index is 12.0. The van der Waals surface area contributed by atoms with E-state index < -0.39 is 0 Å². The van der Waals surface area contributed by atoms with Crippen molar-refractivity contribution < 1.29 is 19.4 Å². The van der Waals surface area contributed by atoms with Crippen LogP contribution in [0, 0.1) is 5.41 Å². The second-order valence-corrected chi connectivity index (χ2v) is 13.4. The van der Waals surface area contributed by atoms with Crippen molar-refractivity contribution in [2.24, 2.45) is 5.41 Å². The fourth-order valence-electron chi connectivity index (χ4n) is 4.56. The number of phenolic OH excluding ortho intramolecular Hbond substituents is 1. The summed E-state index contributed by atoms with van der Waals surface area (Å²) < 4.78 is 11.7. The quantitative estimate of drug-likeness (QED) is 0.268. The van der Waals surface area contributed by atoms with Crippen LogP contribution in [-0.2, 0) is 9.53 Å². The number of phenols is 1. The van der Waals surface area contributed by atoms with Gasteiger partial charge in [-0.3, -0.25) is 4.79 Å². The van der Waals surface area contributed by atoms with Crippen molar-refractivity contribution in [1.29, 1.82) is 0 Å². The maximum Gasteiger partial charge on any atom is 0.312 e. The monoisotopic (exact) mass is 582 g/mol. The predicted octanol–water partition coefficient (Wildman–Crippen LogP) is 11.4. The second kappa shape index (κ2) is 17.6. The summed E-state index contributed by atoms with van der Waals surface area (Å²) in [5.74, 6) is 2.52. The fraction of sp³-hybridized carbons (Fsp3) is 0.658. The number of carbonyl (C=O) groups is 1. The first-order valence-corrected chi connectivity index (χ1v) is 16.5. The first kappa shape index (κ1) is 37.5. The lowest BCUT2D eigenvalue weighted by molar-refractivity contribution is -0.170. The standard InChI is InChI=1S/C15H24O.C13H24O2.C10H14O/c1-6-12(3)13-8-10-14(11-9-13)16-15(4,5)7-2;1-5-12(3,4)11(14)15-13(6-2)9-7-8-10-13;1-3-8(2)9-4-6-10(11)7-5-9/h8-12H,6-7H2,1-5H3;5-10H2,1-4H3;4-8,11H,3H2,1-2H3. The number of rotatable bonds is 11. The van der Waals surface area contributed by atoms with Crippen molar-refractivity contribution in [3.8, 4) is 11.5 Å². The summed E-state index contributed by atoms with van der Waals surface area (Å²) in [6.45, 7) is 23.3. The Hall–Kier alpha value is -2.49. The van der Waals surface area contributed by atoms with Crippen LogP contribution in [0.3, 0.4) is 0 Å². The number of benzene rings is 2. The predicted molar refractivity (Wildman–Crippen MR) is 179 cm³/mol. The average molecular weight is 583 g/mol. The van der Waals surface area contributed by atoms with E-state index in [4.69, 9.17) is 14.6 Å². The molecule has 0 aliphatic heterocycles. The molecule has 2 unspecified atom stereocenters. The van der Waals surface area contributed by atoms with Gasteiger partial charge in [0.15, 0.2) is 0 Å². The van der Waals surface area contributed by atoms with Gasteiger partial charge in [-0.1, -0.05) is 72.7 Å². The van der Waals surface area contributed by atoms with Crippen molar-refractivity contribution in [1.82, 2.24) is 0 Å². The van der Waals surface area contributed by atoms with Gasteiger partial charge in [-0.2, -0.15) is 0 Å². The van der Waals surface area contributed by atoms with E-state index >= 15 is 0 Å². The molecule has 0 heterocycles. The molecule has 2 aromatic carbocycles. The Balaban J connectivity index is 0.000000320. The van der Waals surface area contributed by atoms with E-state index in [-0.39, 0.29) is 22.6 Å². The van der Waals surface area contributed by atoms with Crippen molar-refractivity contribution in [3.05, 3.63) is 59.7 Å². The molecule has 0 amide bonds. The van der Waals surface area contributed by atoms with Crippen LogP contribution in [0.25, 0.3) is 0 Å². The molecule has 1 aliphatic rings. The Bertz CT molecular complexity index is 1010. The minimum absolute atomic E-state index is 0.0197. The van der Waals surface area contributed by atoms with Crippen molar-refractivity contribution in [2.75, 3.05) is 0 Å². The molecule has 3 rings (SSSR count). The van der Waals surface area contributed by atoms with Crippen LogP contribution in [-0.4, -0.2) is 22.3 Å². The van der Waals surface area contributed by atoms with E-state index in [2.05, 4.69) is 79.7 Å². The van der Waals surface area contributed by atoms with Gasteiger partial charge < -0.3 is 14.6 Å². The molecule has 238 valence electrons. The third-order valence-electron chi connectivity index (χ3n) is 9.29. The summed E-state index contributed by atoms with van der Waals surface area (Å²) in [5.41, 5.74) is 2.15. The highest BCUT2D eigenvalue weighted by atomic mass is 16.6. The zero-order valence-corrected chi connectivity index (χ0v) is 28.8. The molecule has 1 N–H and O–H groups in total. The summed E-state index contributed by atoms with van der Waals surface area (Å²) in [6.07, 6.45) is 9.64. The van der Waals surface area contributed by atoms with Gasteiger partial charge in [0.05, 0.1) is 5.41 Å². The van der Waals surface area contributed by atoms with Gasteiger partial charge in [-0.05, 0) is 133 Å². The molecule has 0 spiro atoms. The normalized spacial score (nSPS) is 15.8. The zero-order chi connectivity index (χ0) is 32.0. The Morgan fingerprint density at radius 2 is 1.24 bits per heavy atom. The molecular formula is C38H62O4. The Morgan fingerprint density at radius 1 is 0.786 bits per heavy atom. The van der Waals surface area contributed by atoms with E-state index in [9.17, 15) is 4.79 Å². The third-order valence-corrected chi connectivity index (χ3v) is 9.29. The van der Waals surface area contributed by atoms with Gasteiger partial charge >= 0.3 is 5.97 Å². The molecule has 1 saturated carbocycles. The maximum absolute atomic E-state index is 12.0. The number of carbonyl (C=O) groups excluding carboxylic acids is 1. The smallest absolute Gasteiger partial charge is 0.312 e. The first-order chi connectivity index (χ1) is 19.7. The molecular weight excluding hydrogens is 520 g/mol. The van der Waals surface area contributed by atoms with Gasteiger partial charge in [0.25, 0.3) is 0 Å². The van der Waals surface area contributed by atoms with Gasteiger partial charge in [0.2, 0.25) is 0 Å². The number of hydrogen-bond acceptors (Lipinski definition) is 4. The Morgan fingerprint density at radius 3 is 1.62 bits per heavy atom. The number of ether oxygens (including phenoxy) is 2. The van der Waals surface area contributed by atoms with Gasteiger partial charge in [0.1, 0.15) is 22.7 Å². The number of aromatic hydroxyl groups is 1. The van der Waals surface area contributed by atoms with Crippen LogP contribution in [0.2, 0.25) is 0 Å². The Labute approximate surface area is 258 Å². The van der Waals surface area contributed by atoms with Crippen molar-refractivity contribution >= 4 is 5.97 Å². The third kappa shape index (κ3) is 12.4. The molecule has 0 aromatic heterocycles. The number of esters is 1. The lowest BCUT2D eigenvalue weighted by Crippen LogP contribution is -2.37. The summed E-state index contributed by atoms with van der Waals surface area (Å²) in [5, 5.41) is 9.01. The second-order valence-electron chi connectivity index (χ2n) is 13.4. The summed E-state index contributed by atoms with van der Waals surface area (Å²) in [7, 11) is 0. The SMILES string of the molecule is CCC(C)c1ccc(O)cc1.CCC(C)c1ccc(OC(C)(C)CC)cc1.CCC1(OC(=O)C(C)(C)CC)CCCC1. The molecule has 42 heavy (non-hydrogen) atoms. The molecule has 1 aliphatic carbocycles. The van der Waals surface area contributed by atoms with Gasteiger partial charge in [0, 0.05) is 0 Å². The summed E-state index contributed by atoms with van der Waals surface area (Å²) >= 11 is 0. The highest BCUT2D eigenvalue weighted by molar-refractivity contribution is 5.76. The van der Waals surface area contributed by atoms with Crippen molar-refractivity contribution in [3.63, 3.8) is 0 Å². The van der Waals surface area contributed by atoms with E-state index in [1.165, 1.54) is 30.4 Å². The van der Waals surface area contributed by atoms with Crippen LogP contribution in [0.15, 0.2) is 48.5 Å². The molecule has 0 saturated heterocycles. The highest BCUT2D eigenvalue weighted by Gasteiger charge is 2.39. The largest absolute Gasteiger partial charge is 0.508 e. The van der Waals surface area contributed by atoms with Crippen LogP contribution in [0.4, 0.5) is 0 Å². The van der Waals surface area contributed by atoms with Gasteiger partial charge in [-0.25, -0.2) is 0 Å². The molecule has 0 radical (unpaired) electrons. The molecule has 2 atom stereocenters. The lowest BCUT2D eigenvalue weighted by atomic mass is 9.89. The zero-order valence-electron chi connectivity index (χ0n) is 28.8. The molecule has 4 nitrogen and oxygen atoms in total. The minimum atomic E-state index is -0.329. The summed E-state index contributed by atoms with van der Waals surface area (Å²) in [4.78, 5) is 12.0. The molecule has 1 fully saturated rings. The topological polar surface area (TPSA) is 55.8 Å². The van der Waals surface area contributed by atoms with E-state index in [0.29, 0.717) is 17.6 Å². The fourth-order valence-corrected chi connectivity index (χ4v) is 4.56. The number of hydrogen-bond donors (Lipinski definition) is 1.